The largest absolute Gasteiger partial charge is 2.00 e. The Morgan fingerprint density at radius 1 is 0.516 bits per heavy atom. The quantitative estimate of drug-likeness (QED) is 0.355. The van der Waals surface area contributed by atoms with Crippen LogP contribution in [-0.2, 0) is 31.7 Å². The van der Waals surface area contributed by atoms with E-state index >= 15 is 0 Å². The van der Waals surface area contributed by atoms with Crippen molar-refractivity contribution in [1.82, 2.24) is 0 Å². The molecule has 0 radical (unpaired) electrons. The average molecular weight is 482 g/mol. The maximum atomic E-state index is 10.3. The Labute approximate surface area is 201 Å². The summed E-state index contributed by atoms with van der Waals surface area (Å²) in [7, 11) is 0. The molecule has 7 heteroatoms. The maximum absolute atomic E-state index is 10.3. The Morgan fingerprint density at radius 2 is 0.710 bits per heavy atom. The van der Waals surface area contributed by atoms with Gasteiger partial charge in [0, 0.05) is 17.9 Å². The molecule has 31 heavy (non-hydrogen) atoms. The first-order chi connectivity index (χ1) is 14.2. The van der Waals surface area contributed by atoms with Crippen molar-refractivity contribution in [1.29, 1.82) is 0 Å². The number of carbonyl (C=O) groups excluding carboxylic acids is 3. The van der Waals surface area contributed by atoms with E-state index in [9.17, 15) is 29.7 Å². The molecule has 0 aliphatic heterocycles. The molecule has 0 fully saturated rings. The van der Waals surface area contributed by atoms with Crippen molar-refractivity contribution < 1.29 is 47.1 Å². The summed E-state index contributed by atoms with van der Waals surface area (Å²) in [5.41, 5.74) is 0. The van der Waals surface area contributed by atoms with Gasteiger partial charge in [-0.2, -0.15) is 0 Å². The molecule has 3 unspecified atom stereocenters. The average Bonchev–Trinajstić information content (AvgIpc) is 2.70. The fourth-order valence-corrected chi connectivity index (χ4v) is 2.82. The number of hydrogen-bond donors (Lipinski definition) is 0. The summed E-state index contributed by atoms with van der Waals surface area (Å²) in [6, 6.07) is 0. The zero-order chi connectivity index (χ0) is 23.9. The molecule has 0 saturated carbocycles. The summed E-state index contributed by atoms with van der Waals surface area (Å²) >= 11 is 0. The summed E-state index contributed by atoms with van der Waals surface area (Å²) in [5, 5.41) is 31.0. The number of aliphatic carboxylic acids is 3. The summed E-state index contributed by atoms with van der Waals surface area (Å²) in [6.45, 7) is 11.8. The van der Waals surface area contributed by atoms with Gasteiger partial charge in [0.1, 0.15) is 0 Å². The van der Waals surface area contributed by atoms with Gasteiger partial charge in [0.25, 0.3) is 0 Å². The van der Waals surface area contributed by atoms with E-state index in [4.69, 9.17) is 0 Å². The predicted octanol–water partition coefficient (Wildman–Crippen LogP) is 2.86. The SMILES string of the molecule is CCCCC(CC)C(=O)[O-].CCCCC(CC)C(=O)[O-].CCCCC(CC)C(=O)[O-].[Cr+2]. The summed E-state index contributed by atoms with van der Waals surface area (Å²) in [4.78, 5) is 31.0. The van der Waals surface area contributed by atoms with Crippen molar-refractivity contribution in [2.24, 2.45) is 17.8 Å². The summed E-state index contributed by atoms with van der Waals surface area (Å²) in [6.07, 6.45) is 10.6. The molecule has 0 aromatic carbocycles. The fourth-order valence-electron chi connectivity index (χ4n) is 2.82. The molecule has 6 nitrogen and oxygen atoms in total. The molecule has 0 bridgehead atoms. The molecule has 0 aliphatic rings. The van der Waals surface area contributed by atoms with Crippen LogP contribution in [-0.4, -0.2) is 17.9 Å². The van der Waals surface area contributed by atoms with E-state index in [1.54, 1.807) is 0 Å². The van der Waals surface area contributed by atoms with E-state index in [2.05, 4.69) is 20.8 Å². The van der Waals surface area contributed by atoms with Crippen molar-refractivity contribution in [3.8, 4) is 0 Å². The van der Waals surface area contributed by atoms with Gasteiger partial charge in [0.2, 0.25) is 0 Å². The minimum Gasteiger partial charge on any atom is -0.550 e. The first-order valence-corrected chi connectivity index (χ1v) is 11.8. The normalized spacial score (nSPS) is 12.6. The Morgan fingerprint density at radius 3 is 0.806 bits per heavy atom. The summed E-state index contributed by atoms with van der Waals surface area (Å²) < 4.78 is 0. The fraction of sp³-hybridized carbons (Fsp3) is 0.875. The molecule has 0 spiro atoms. The molecular weight excluding hydrogens is 436 g/mol. The Kier molecular flexibility index (Phi) is 32.4. The monoisotopic (exact) mass is 481 g/mol. The molecule has 0 rings (SSSR count). The van der Waals surface area contributed by atoms with Gasteiger partial charge >= 0.3 is 17.4 Å². The van der Waals surface area contributed by atoms with Crippen molar-refractivity contribution in [3.05, 3.63) is 0 Å². The molecule has 0 N–H and O–H groups in total. The van der Waals surface area contributed by atoms with Gasteiger partial charge in [0.15, 0.2) is 0 Å². The third-order valence-electron chi connectivity index (χ3n) is 5.20. The van der Waals surface area contributed by atoms with Crippen LogP contribution in [0.15, 0.2) is 0 Å². The number of rotatable bonds is 15. The zero-order valence-corrected chi connectivity index (χ0v) is 21.9. The van der Waals surface area contributed by atoms with Crippen molar-refractivity contribution in [2.75, 3.05) is 0 Å². The molecule has 184 valence electrons. The Hall–Kier alpha value is -1.06. The van der Waals surface area contributed by atoms with E-state index in [-0.39, 0.29) is 35.1 Å². The second kappa shape index (κ2) is 27.0. The van der Waals surface area contributed by atoms with Gasteiger partial charge in [-0.05, 0) is 56.3 Å². The third-order valence-corrected chi connectivity index (χ3v) is 5.20. The summed E-state index contributed by atoms with van der Waals surface area (Å²) in [5.74, 6) is -3.34. The smallest absolute Gasteiger partial charge is 0.550 e. The molecule has 3 atom stereocenters. The van der Waals surface area contributed by atoms with E-state index in [0.717, 1.165) is 57.8 Å². The van der Waals surface area contributed by atoms with Crippen LogP contribution in [0.4, 0.5) is 0 Å². The Bertz CT molecular complexity index is 366. The number of carboxylic acids is 3. The van der Waals surface area contributed by atoms with Gasteiger partial charge in [-0.15, -0.1) is 0 Å². The second-order valence-corrected chi connectivity index (χ2v) is 7.70. The van der Waals surface area contributed by atoms with Crippen LogP contribution in [0, 0.1) is 17.8 Å². The molecule has 0 saturated heterocycles. The van der Waals surface area contributed by atoms with E-state index < -0.39 is 17.9 Å². The standard InChI is InChI=1S/3C8H16O2.Cr/c3*1-3-5-6-7(4-2)8(9)10;/h3*7H,3-6H2,1-2H3,(H,9,10);/q;;;+2/p-3. The Balaban J connectivity index is -0.000000174. The van der Waals surface area contributed by atoms with Crippen LogP contribution < -0.4 is 15.3 Å². The van der Waals surface area contributed by atoms with Crippen LogP contribution in [0.2, 0.25) is 0 Å². The minimum absolute atomic E-state index is 0. The van der Waals surface area contributed by atoms with Gasteiger partial charge in [-0.1, -0.05) is 80.1 Å². The molecule has 0 heterocycles. The van der Waals surface area contributed by atoms with Crippen LogP contribution in [0.25, 0.3) is 0 Å². The first-order valence-electron chi connectivity index (χ1n) is 11.8. The topological polar surface area (TPSA) is 120 Å². The van der Waals surface area contributed by atoms with E-state index in [0.29, 0.717) is 19.3 Å². The van der Waals surface area contributed by atoms with Gasteiger partial charge in [0.05, 0.1) is 0 Å². The molecule has 0 aliphatic carbocycles. The number of carboxylic acid groups (broad SMARTS) is 3. The molecule has 0 aromatic heterocycles. The zero-order valence-electron chi connectivity index (χ0n) is 20.6. The number of unbranched alkanes of at least 4 members (excludes halogenated alkanes) is 3. The second-order valence-electron chi connectivity index (χ2n) is 7.70. The third kappa shape index (κ3) is 25.1. The number of carbonyl (C=O) groups is 3. The van der Waals surface area contributed by atoms with Gasteiger partial charge < -0.3 is 29.7 Å². The van der Waals surface area contributed by atoms with Crippen LogP contribution in [0.5, 0.6) is 0 Å². The van der Waals surface area contributed by atoms with Crippen LogP contribution in [0.1, 0.15) is 119 Å². The number of hydrogen-bond acceptors (Lipinski definition) is 6. The molecule has 0 amide bonds. The van der Waals surface area contributed by atoms with E-state index in [1.165, 1.54) is 0 Å². The van der Waals surface area contributed by atoms with Gasteiger partial charge in [-0.25, -0.2) is 0 Å². The molecule has 0 aromatic rings. The molecular formula is C24H45CrO6-. The van der Waals surface area contributed by atoms with Crippen molar-refractivity contribution in [3.63, 3.8) is 0 Å². The van der Waals surface area contributed by atoms with Crippen molar-refractivity contribution >= 4 is 17.9 Å². The minimum atomic E-state index is -0.893. The predicted molar refractivity (Wildman–Crippen MR) is 115 cm³/mol. The van der Waals surface area contributed by atoms with E-state index in [1.807, 2.05) is 20.8 Å². The van der Waals surface area contributed by atoms with Crippen molar-refractivity contribution in [2.45, 2.75) is 119 Å². The van der Waals surface area contributed by atoms with Crippen LogP contribution >= 0.6 is 0 Å². The van der Waals surface area contributed by atoms with Gasteiger partial charge in [-0.3, -0.25) is 0 Å². The maximum Gasteiger partial charge on any atom is 2.00 e. The van der Waals surface area contributed by atoms with Crippen LogP contribution in [0.3, 0.4) is 0 Å². The first kappa shape index (κ1) is 37.3.